The third-order valence-electron chi connectivity index (χ3n) is 7.90. The van der Waals surface area contributed by atoms with Gasteiger partial charge < -0.3 is 14.2 Å². The number of rotatable bonds is 7. The molecule has 0 spiro atoms. The predicted molar refractivity (Wildman–Crippen MR) is 132 cm³/mol. The van der Waals surface area contributed by atoms with Gasteiger partial charge in [-0.05, 0) is 123 Å². The van der Waals surface area contributed by atoms with Crippen LogP contribution in [-0.2, 0) is 14.9 Å². The SMILES string of the molecule is COC(C)OCOc1ccc(C#Cc2ccc(C(=O)Cl)cc2)cc1C12CC3CC(CC(C3)C1)C2. The van der Waals surface area contributed by atoms with E-state index in [9.17, 15) is 4.79 Å². The molecule has 0 amide bonds. The van der Waals surface area contributed by atoms with E-state index in [1.54, 1.807) is 19.2 Å². The lowest BCUT2D eigenvalue weighted by atomic mass is 9.48. The highest BCUT2D eigenvalue weighted by Gasteiger charge is 2.52. The van der Waals surface area contributed by atoms with E-state index in [2.05, 4.69) is 17.9 Å². The minimum Gasteiger partial charge on any atom is -0.467 e. The second-order valence-electron chi connectivity index (χ2n) is 10.2. The zero-order chi connectivity index (χ0) is 23.7. The van der Waals surface area contributed by atoms with Crippen LogP contribution in [-0.4, -0.2) is 25.4 Å². The van der Waals surface area contributed by atoms with Crippen molar-refractivity contribution in [1.29, 1.82) is 0 Å². The number of carbonyl (C=O) groups is 1. The van der Waals surface area contributed by atoms with Gasteiger partial charge in [0.25, 0.3) is 5.24 Å². The Hall–Kier alpha value is -2.32. The Balaban J connectivity index is 1.44. The number of ether oxygens (including phenoxy) is 3. The predicted octanol–water partition coefficient (Wildman–Crippen LogP) is 6.28. The molecule has 0 heterocycles. The second-order valence-corrected chi connectivity index (χ2v) is 10.6. The van der Waals surface area contributed by atoms with Gasteiger partial charge in [-0.1, -0.05) is 11.8 Å². The number of carbonyl (C=O) groups excluding carboxylic acids is 1. The summed E-state index contributed by atoms with van der Waals surface area (Å²) in [6.45, 7) is 2.02. The Morgan fingerprint density at radius 1 is 1.00 bits per heavy atom. The number of halogens is 1. The molecule has 0 aromatic heterocycles. The lowest BCUT2D eigenvalue weighted by Crippen LogP contribution is -2.48. The largest absolute Gasteiger partial charge is 0.467 e. The molecule has 0 saturated heterocycles. The van der Waals surface area contributed by atoms with Crippen molar-refractivity contribution in [3.05, 3.63) is 64.7 Å². The van der Waals surface area contributed by atoms with Crippen molar-refractivity contribution >= 4 is 16.8 Å². The van der Waals surface area contributed by atoms with E-state index in [4.69, 9.17) is 25.8 Å². The van der Waals surface area contributed by atoms with Crippen molar-refractivity contribution in [2.45, 2.75) is 57.2 Å². The van der Waals surface area contributed by atoms with E-state index < -0.39 is 5.24 Å². The summed E-state index contributed by atoms with van der Waals surface area (Å²) in [6.07, 6.45) is 7.60. The van der Waals surface area contributed by atoms with Gasteiger partial charge in [0, 0.05) is 29.4 Å². The fraction of sp³-hybridized carbons (Fsp3) is 0.483. The molecule has 34 heavy (non-hydrogen) atoms. The van der Waals surface area contributed by atoms with E-state index >= 15 is 0 Å². The Bertz CT molecular complexity index is 1080. The van der Waals surface area contributed by atoms with Crippen molar-refractivity contribution in [2.24, 2.45) is 17.8 Å². The lowest BCUT2D eigenvalue weighted by molar-refractivity contribution is -0.150. The van der Waals surface area contributed by atoms with Crippen LogP contribution in [0.2, 0.25) is 0 Å². The molecule has 5 heteroatoms. The van der Waals surface area contributed by atoms with Crippen LogP contribution in [0.5, 0.6) is 5.75 Å². The van der Waals surface area contributed by atoms with Crippen molar-refractivity contribution in [1.82, 2.24) is 0 Å². The number of benzene rings is 2. The molecule has 0 radical (unpaired) electrons. The number of hydrogen-bond donors (Lipinski definition) is 0. The third-order valence-corrected chi connectivity index (χ3v) is 8.12. The van der Waals surface area contributed by atoms with Gasteiger partial charge in [0.1, 0.15) is 5.75 Å². The van der Waals surface area contributed by atoms with Crippen LogP contribution >= 0.6 is 11.6 Å². The molecule has 178 valence electrons. The quantitative estimate of drug-likeness (QED) is 0.267. The van der Waals surface area contributed by atoms with Gasteiger partial charge in [0.15, 0.2) is 13.1 Å². The van der Waals surface area contributed by atoms with E-state index in [1.807, 2.05) is 31.2 Å². The fourth-order valence-corrected chi connectivity index (χ4v) is 6.80. The molecular formula is C29H31ClO4. The smallest absolute Gasteiger partial charge is 0.252 e. The van der Waals surface area contributed by atoms with Crippen molar-refractivity contribution in [2.75, 3.05) is 13.9 Å². The molecule has 6 rings (SSSR count). The summed E-state index contributed by atoms with van der Waals surface area (Å²) in [6, 6.07) is 13.4. The molecule has 0 aliphatic heterocycles. The standard InChI is InChI=1S/C29H31ClO4/c1-19(32-2)33-18-34-27-10-7-21(4-3-20-5-8-25(9-6-20)28(30)31)14-26(27)29-15-22-11-23(16-29)13-24(12-22)17-29/h5-10,14,19,22-24H,11-13,15-18H2,1-2H3. The average molecular weight is 479 g/mol. The summed E-state index contributed by atoms with van der Waals surface area (Å²) in [5.74, 6) is 9.95. The zero-order valence-corrected chi connectivity index (χ0v) is 20.6. The summed E-state index contributed by atoms with van der Waals surface area (Å²) in [5, 5.41) is -0.459. The summed E-state index contributed by atoms with van der Waals surface area (Å²) in [4.78, 5) is 11.3. The van der Waals surface area contributed by atoms with Crippen LogP contribution in [0.3, 0.4) is 0 Å². The first kappa shape index (κ1) is 23.4. The van der Waals surface area contributed by atoms with Crippen LogP contribution in [0.25, 0.3) is 0 Å². The Kier molecular flexibility index (Phi) is 6.71. The Labute approximate surface area is 206 Å². The minimum atomic E-state index is -0.459. The van der Waals surface area contributed by atoms with E-state index in [-0.39, 0.29) is 18.5 Å². The first-order chi connectivity index (χ1) is 16.4. The summed E-state index contributed by atoms with van der Waals surface area (Å²) in [7, 11) is 1.63. The normalized spacial score (nSPS) is 27.7. The molecule has 2 aromatic rings. The van der Waals surface area contributed by atoms with Crippen LogP contribution in [0.4, 0.5) is 0 Å². The molecule has 4 bridgehead atoms. The second kappa shape index (κ2) is 9.74. The van der Waals surface area contributed by atoms with E-state index in [1.165, 1.54) is 44.1 Å². The van der Waals surface area contributed by atoms with Crippen LogP contribution in [0.1, 0.15) is 72.5 Å². The molecule has 4 aliphatic carbocycles. The molecule has 4 aliphatic rings. The molecule has 1 atom stereocenters. The van der Waals surface area contributed by atoms with Gasteiger partial charge in [0.05, 0.1) is 0 Å². The van der Waals surface area contributed by atoms with Gasteiger partial charge in [-0.25, -0.2) is 0 Å². The maximum atomic E-state index is 11.3. The summed E-state index contributed by atoms with van der Waals surface area (Å²) < 4.78 is 17.0. The van der Waals surface area contributed by atoms with Gasteiger partial charge >= 0.3 is 0 Å². The highest BCUT2D eigenvalue weighted by molar-refractivity contribution is 6.67. The first-order valence-corrected chi connectivity index (χ1v) is 12.6. The third kappa shape index (κ3) is 4.89. The van der Waals surface area contributed by atoms with Crippen molar-refractivity contribution in [3.63, 3.8) is 0 Å². The summed E-state index contributed by atoms with van der Waals surface area (Å²) >= 11 is 5.55. The maximum absolute atomic E-state index is 11.3. The van der Waals surface area contributed by atoms with Crippen LogP contribution in [0.15, 0.2) is 42.5 Å². The summed E-state index contributed by atoms with van der Waals surface area (Å²) in [5.41, 5.74) is 3.76. The molecule has 2 aromatic carbocycles. The molecule has 0 N–H and O–H groups in total. The van der Waals surface area contributed by atoms with Gasteiger partial charge in [-0.2, -0.15) is 0 Å². The van der Waals surface area contributed by atoms with Crippen LogP contribution < -0.4 is 4.74 Å². The van der Waals surface area contributed by atoms with E-state index in [0.29, 0.717) is 5.56 Å². The maximum Gasteiger partial charge on any atom is 0.252 e. The van der Waals surface area contributed by atoms with Crippen molar-refractivity contribution in [3.8, 4) is 17.6 Å². The first-order valence-electron chi connectivity index (χ1n) is 12.2. The van der Waals surface area contributed by atoms with Gasteiger partial charge in [-0.15, -0.1) is 0 Å². The van der Waals surface area contributed by atoms with Gasteiger partial charge in [0.2, 0.25) is 0 Å². The molecule has 4 nitrogen and oxygen atoms in total. The average Bonchev–Trinajstić information content (AvgIpc) is 2.82. The molecular weight excluding hydrogens is 448 g/mol. The Morgan fingerprint density at radius 2 is 1.59 bits per heavy atom. The number of methoxy groups -OCH3 is 1. The number of hydrogen-bond acceptors (Lipinski definition) is 4. The van der Waals surface area contributed by atoms with Crippen molar-refractivity contribution < 1.29 is 19.0 Å². The zero-order valence-electron chi connectivity index (χ0n) is 19.8. The van der Waals surface area contributed by atoms with Crippen LogP contribution in [0, 0.1) is 29.6 Å². The Morgan fingerprint density at radius 3 is 2.18 bits per heavy atom. The van der Waals surface area contributed by atoms with Gasteiger partial charge in [-0.3, -0.25) is 4.79 Å². The molecule has 1 unspecified atom stereocenters. The highest BCUT2D eigenvalue weighted by Crippen LogP contribution is 2.61. The monoisotopic (exact) mass is 478 g/mol. The molecule has 4 saturated carbocycles. The minimum absolute atomic E-state index is 0.158. The fourth-order valence-electron chi connectivity index (χ4n) is 6.68. The topological polar surface area (TPSA) is 44.8 Å². The lowest BCUT2D eigenvalue weighted by Gasteiger charge is -2.57. The highest BCUT2D eigenvalue weighted by atomic mass is 35.5. The van der Waals surface area contributed by atoms with E-state index in [0.717, 1.165) is 34.6 Å². The molecule has 4 fully saturated rings.